The van der Waals surface area contributed by atoms with Gasteiger partial charge in [0.25, 0.3) is 0 Å². The third kappa shape index (κ3) is 1.42. The van der Waals surface area contributed by atoms with E-state index in [-0.39, 0.29) is 0 Å². The minimum atomic E-state index is 1.12. The van der Waals surface area contributed by atoms with Gasteiger partial charge < -0.3 is 0 Å². The Bertz CT molecular complexity index is 348. The highest BCUT2D eigenvalue weighted by Gasteiger charge is 2.03. The molecular formula is C9H9NS2. The van der Waals surface area contributed by atoms with Crippen LogP contribution in [0, 0.1) is 13.8 Å². The maximum atomic E-state index is 4.42. The highest BCUT2D eigenvalue weighted by atomic mass is 32.1. The molecule has 0 aliphatic heterocycles. The van der Waals surface area contributed by atoms with Crippen LogP contribution in [0.15, 0.2) is 17.5 Å². The molecule has 2 heterocycles. The summed E-state index contributed by atoms with van der Waals surface area (Å²) in [5, 5.41) is 3.25. The van der Waals surface area contributed by atoms with Gasteiger partial charge in [0.15, 0.2) is 0 Å². The first-order chi connectivity index (χ1) is 5.75. The topological polar surface area (TPSA) is 12.9 Å². The Labute approximate surface area is 79.7 Å². The van der Waals surface area contributed by atoms with E-state index in [1.807, 2.05) is 6.92 Å². The fourth-order valence-electron chi connectivity index (χ4n) is 1.05. The van der Waals surface area contributed by atoms with Gasteiger partial charge >= 0.3 is 0 Å². The molecule has 2 aromatic rings. The lowest BCUT2D eigenvalue weighted by molar-refractivity contribution is 1.31. The number of thiazole rings is 1. The first-order valence-electron chi connectivity index (χ1n) is 3.74. The SMILES string of the molecule is Cc1ccc(-c2csc(C)n2)s1. The van der Waals surface area contributed by atoms with Gasteiger partial charge in [0.2, 0.25) is 0 Å². The lowest BCUT2D eigenvalue weighted by atomic mass is 10.4. The van der Waals surface area contributed by atoms with Crippen molar-refractivity contribution in [3.8, 4) is 10.6 Å². The molecule has 0 fully saturated rings. The number of aryl methyl sites for hydroxylation is 2. The van der Waals surface area contributed by atoms with Gasteiger partial charge in [0, 0.05) is 10.3 Å². The molecule has 2 aromatic heterocycles. The molecule has 0 unspecified atom stereocenters. The zero-order chi connectivity index (χ0) is 8.55. The lowest BCUT2D eigenvalue weighted by Gasteiger charge is -1.86. The number of hydrogen-bond donors (Lipinski definition) is 0. The van der Waals surface area contributed by atoms with Crippen LogP contribution in [0.2, 0.25) is 0 Å². The minimum Gasteiger partial charge on any atom is -0.241 e. The van der Waals surface area contributed by atoms with Crippen LogP contribution in [0.5, 0.6) is 0 Å². The summed E-state index contributed by atoms with van der Waals surface area (Å²) in [6, 6.07) is 4.27. The molecule has 62 valence electrons. The van der Waals surface area contributed by atoms with Gasteiger partial charge in [-0.25, -0.2) is 4.98 Å². The largest absolute Gasteiger partial charge is 0.241 e. The predicted molar refractivity (Wildman–Crippen MR) is 54.9 cm³/mol. The van der Waals surface area contributed by atoms with Gasteiger partial charge in [-0.3, -0.25) is 0 Å². The molecule has 0 amide bonds. The Morgan fingerprint density at radius 3 is 2.58 bits per heavy atom. The summed E-state index contributed by atoms with van der Waals surface area (Å²) in [5.41, 5.74) is 1.12. The average molecular weight is 195 g/mol. The van der Waals surface area contributed by atoms with Crippen molar-refractivity contribution in [3.05, 3.63) is 27.4 Å². The van der Waals surface area contributed by atoms with E-state index in [1.165, 1.54) is 9.75 Å². The first-order valence-corrected chi connectivity index (χ1v) is 5.44. The Morgan fingerprint density at radius 2 is 2.08 bits per heavy atom. The fraction of sp³-hybridized carbons (Fsp3) is 0.222. The summed E-state index contributed by atoms with van der Waals surface area (Å²) < 4.78 is 0. The number of aromatic nitrogens is 1. The summed E-state index contributed by atoms with van der Waals surface area (Å²) in [6.45, 7) is 4.15. The van der Waals surface area contributed by atoms with Crippen molar-refractivity contribution in [3.63, 3.8) is 0 Å². The molecule has 0 saturated heterocycles. The minimum absolute atomic E-state index is 1.12. The zero-order valence-corrected chi connectivity index (χ0v) is 8.63. The number of thiophene rings is 1. The Morgan fingerprint density at radius 1 is 1.25 bits per heavy atom. The fourth-order valence-corrected chi connectivity index (χ4v) is 2.56. The van der Waals surface area contributed by atoms with E-state index in [9.17, 15) is 0 Å². The van der Waals surface area contributed by atoms with Crippen LogP contribution in [-0.4, -0.2) is 4.98 Å². The summed E-state index contributed by atoms with van der Waals surface area (Å²) in [5.74, 6) is 0. The molecule has 1 nitrogen and oxygen atoms in total. The Balaban J connectivity index is 2.43. The molecule has 2 rings (SSSR count). The Hall–Kier alpha value is -0.670. The summed E-state index contributed by atoms with van der Waals surface area (Å²) in [4.78, 5) is 7.04. The van der Waals surface area contributed by atoms with Crippen LogP contribution in [0.25, 0.3) is 10.6 Å². The third-order valence-electron chi connectivity index (χ3n) is 1.61. The average Bonchev–Trinajstić information content (AvgIpc) is 2.58. The second-order valence-corrected chi connectivity index (χ2v) is 5.01. The van der Waals surface area contributed by atoms with Crippen LogP contribution in [0.3, 0.4) is 0 Å². The van der Waals surface area contributed by atoms with Crippen molar-refractivity contribution in [1.82, 2.24) is 4.98 Å². The third-order valence-corrected chi connectivity index (χ3v) is 3.41. The van der Waals surface area contributed by atoms with Crippen LogP contribution in [0.4, 0.5) is 0 Å². The molecule has 0 saturated carbocycles. The van der Waals surface area contributed by atoms with E-state index in [2.05, 4.69) is 29.4 Å². The zero-order valence-electron chi connectivity index (χ0n) is 7.00. The molecular weight excluding hydrogens is 186 g/mol. The smallest absolute Gasteiger partial charge is 0.0914 e. The van der Waals surface area contributed by atoms with E-state index in [0.717, 1.165) is 10.7 Å². The number of hydrogen-bond acceptors (Lipinski definition) is 3. The molecule has 0 radical (unpaired) electrons. The van der Waals surface area contributed by atoms with Gasteiger partial charge in [-0.1, -0.05) is 0 Å². The molecule has 0 spiro atoms. The summed E-state index contributed by atoms with van der Waals surface area (Å²) in [7, 11) is 0. The van der Waals surface area contributed by atoms with Crippen molar-refractivity contribution in [2.24, 2.45) is 0 Å². The molecule has 0 aromatic carbocycles. The first kappa shape index (κ1) is 7.95. The van der Waals surface area contributed by atoms with Gasteiger partial charge in [-0.05, 0) is 26.0 Å². The van der Waals surface area contributed by atoms with Crippen LogP contribution in [-0.2, 0) is 0 Å². The molecule has 0 bridgehead atoms. The van der Waals surface area contributed by atoms with E-state index in [1.54, 1.807) is 22.7 Å². The standard InChI is InChI=1S/C9H9NS2/c1-6-3-4-9(12-6)8-5-11-7(2)10-8/h3-5H,1-2H3. The normalized spacial score (nSPS) is 10.5. The molecule has 0 N–H and O–H groups in total. The second-order valence-electron chi connectivity index (χ2n) is 2.66. The van der Waals surface area contributed by atoms with Crippen LogP contribution in [0.1, 0.15) is 9.88 Å². The predicted octanol–water partition coefficient (Wildman–Crippen LogP) is 3.49. The second kappa shape index (κ2) is 2.99. The van der Waals surface area contributed by atoms with E-state index < -0.39 is 0 Å². The van der Waals surface area contributed by atoms with Gasteiger partial charge in [0.1, 0.15) is 0 Å². The Kier molecular flexibility index (Phi) is 1.98. The van der Waals surface area contributed by atoms with Gasteiger partial charge in [-0.2, -0.15) is 0 Å². The monoisotopic (exact) mass is 195 g/mol. The van der Waals surface area contributed by atoms with Crippen molar-refractivity contribution in [2.45, 2.75) is 13.8 Å². The van der Waals surface area contributed by atoms with Crippen molar-refractivity contribution >= 4 is 22.7 Å². The highest BCUT2D eigenvalue weighted by molar-refractivity contribution is 7.16. The molecule has 0 atom stereocenters. The van der Waals surface area contributed by atoms with Crippen LogP contribution < -0.4 is 0 Å². The molecule has 12 heavy (non-hydrogen) atoms. The summed E-state index contributed by atoms with van der Waals surface area (Å²) >= 11 is 3.50. The van der Waals surface area contributed by atoms with Gasteiger partial charge in [0.05, 0.1) is 15.6 Å². The van der Waals surface area contributed by atoms with E-state index >= 15 is 0 Å². The summed E-state index contributed by atoms with van der Waals surface area (Å²) in [6.07, 6.45) is 0. The lowest BCUT2D eigenvalue weighted by Crippen LogP contribution is -1.70. The van der Waals surface area contributed by atoms with Crippen molar-refractivity contribution in [1.29, 1.82) is 0 Å². The van der Waals surface area contributed by atoms with Gasteiger partial charge in [-0.15, -0.1) is 22.7 Å². The quantitative estimate of drug-likeness (QED) is 0.678. The molecule has 0 aliphatic carbocycles. The maximum Gasteiger partial charge on any atom is 0.0914 e. The van der Waals surface area contributed by atoms with Crippen molar-refractivity contribution in [2.75, 3.05) is 0 Å². The van der Waals surface area contributed by atoms with E-state index in [4.69, 9.17) is 0 Å². The number of rotatable bonds is 1. The van der Waals surface area contributed by atoms with Crippen LogP contribution >= 0.6 is 22.7 Å². The number of nitrogens with zero attached hydrogens (tertiary/aromatic N) is 1. The van der Waals surface area contributed by atoms with E-state index in [0.29, 0.717) is 0 Å². The molecule has 3 heteroatoms. The highest BCUT2D eigenvalue weighted by Crippen LogP contribution is 2.28. The van der Waals surface area contributed by atoms with Crippen molar-refractivity contribution < 1.29 is 0 Å². The maximum absolute atomic E-state index is 4.42. The molecule has 0 aliphatic rings.